The number of thioether (sulfide) groups is 1. The first-order valence-corrected chi connectivity index (χ1v) is 9.34. The number of nitro benzene ring substituents is 1. The summed E-state index contributed by atoms with van der Waals surface area (Å²) < 4.78 is 5.77. The summed E-state index contributed by atoms with van der Waals surface area (Å²) in [5.74, 6) is -0.405. The molecule has 27 heavy (non-hydrogen) atoms. The SMILES string of the molecule is CSc1ccc(C(=O)Nc2ccc3oc4ccccc4c3c2)cc1[N+](=O)[O-]. The van der Waals surface area contributed by atoms with Gasteiger partial charge in [0.05, 0.1) is 9.82 Å². The second-order valence-corrected chi connectivity index (χ2v) is 6.76. The zero-order valence-corrected chi connectivity index (χ0v) is 15.1. The van der Waals surface area contributed by atoms with Crippen LogP contribution in [0.2, 0.25) is 0 Å². The maximum Gasteiger partial charge on any atom is 0.283 e. The lowest BCUT2D eigenvalue weighted by Crippen LogP contribution is -2.12. The van der Waals surface area contributed by atoms with Crippen molar-refractivity contribution in [3.05, 3.63) is 76.3 Å². The van der Waals surface area contributed by atoms with E-state index >= 15 is 0 Å². The van der Waals surface area contributed by atoms with Gasteiger partial charge in [-0.2, -0.15) is 0 Å². The molecule has 0 aliphatic carbocycles. The Kier molecular flexibility index (Phi) is 4.29. The van der Waals surface area contributed by atoms with Crippen LogP contribution in [0.5, 0.6) is 0 Å². The first kappa shape index (κ1) is 17.1. The summed E-state index contributed by atoms with van der Waals surface area (Å²) in [5, 5.41) is 15.9. The lowest BCUT2D eigenvalue weighted by Gasteiger charge is -2.07. The Balaban J connectivity index is 1.67. The first-order valence-electron chi connectivity index (χ1n) is 8.12. The molecule has 0 saturated carbocycles. The molecule has 1 amide bonds. The molecule has 1 aromatic heterocycles. The van der Waals surface area contributed by atoms with E-state index in [-0.39, 0.29) is 11.3 Å². The van der Waals surface area contributed by atoms with Gasteiger partial charge < -0.3 is 9.73 Å². The number of carbonyl (C=O) groups excluding carboxylic acids is 1. The van der Waals surface area contributed by atoms with Crippen molar-refractivity contribution < 1.29 is 14.1 Å². The summed E-state index contributed by atoms with van der Waals surface area (Å²) >= 11 is 1.27. The Bertz CT molecular complexity index is 1200. The topological polar surface area (TPSA) is 85.4 Å². The van der Waals surface area contributed by atoms with E-state index in [1.165, 1.54) is 17.8 Å². The number of nitrogens with zero attached hydrogens (tertiary/aromatic N) is 1. The Labute approximate surface area is 158 Å². The minimum atomic E-state index is -0.480. The molecule has 7 heteroatoms. The van der Waals surface area contributed by atoms with Crippen molar-refractivity contribution in [2.24, 2.45) is 0 Å². The normalized spacial score (nSPS) is 11.0. The number of fused-ring (bicyclic) bond motifs is 3. The number of carbonyl (C=O) groups is 1. The van der Waals surface area contributed by atoms with Crippen molar-refractivity contribution >= 4 is 51.0 Å². The number of anilines is 1. The minimum Gasteiger partial charge on any atom is -0.456 e. The molecule has 0 bridgehead atoms. The zero-order chi connectivity index (χ0) is 19.0. The van der Waals surface area contributed by atoms with Gasteiger partial charge in [-0.25, -0.2) is 0 Å². The number of nitrogens with one attached hydrogen (secondary N) is 1. The molecule has 0 atom stereocenters. The fraction of sp³-hybridized carbons (Fsp3) is 0.0500. The van der Waals surface area contributed by atoms with Crippen LogP contribution in [-0.4, -0.2) is 17.1 Å². The summed E-state index contributed by atoms with van der Waals surface area (Å²) in [6.45, 7) is 0. The zero-order valence-electron chi connectivity index (χ0n) is 14.3. The highest BCUT2D eigenvalue weighted by Crippen LogP contribution is 2.31. The molecule has 0 saturated heterocycles. The third-order valence-corrected chi connectivity index (χ3v) is 5.06. The van der Waals surface area contributed by atoms with Gasteiger partial charge >= 0.3 is 0 Å². The lowest BCUT2D eigenvalue weighted by atomic mass is 10.1. The van der Waals surface area contributed by atoms with E-state index in [1.807, 2.05) is 30.3 Å². The molecule has 134 valence electrons. The molecule has 0 unspecified atom stereocenters. The summed E-state index contributed by atoms with van der Waals surface area (Å²) in [4.78, 5) is 23.8. The van der Waals surface area contributed by atoms with Crippen molar-refractivity contribution in [2.75, 3.05) is 11.6 Å². The van der Waals surface area contributed by atoms with Gasteiger partial charge in [-0.1, -0.05) is 18.2 Å². The molecule has 0 spiro atoms. The minimum absolute atomic E-state index is 0.0774. The fourth-order valence-electron chi connectivity index (χ4n) is 2.98. The average Bonchev–Trinajstić information content (AvgIpc) is 3.05. The second kappa shape index (κ2) is 6.77. The van der Waals surface area contributed by atoms with E-state index < -0.39 is 10.8 Å². The average molecular weight is 378 g/mol. The van der Waals surface area contributed by atoms with Crippen molar-refractivity contribution in [1.82, 2.24) is 0 Å². The largest absolute Gasteiger partial charge is 0.456 e. The van der Waals surface area contributed by atoms with Gasteiger partial charge in [-0.3, -0.25) is 14.9 Å². The number of benzene rings is 3. The Morgan fingerprint density at radius 3 is 2.59 bits per heavy atom. The second-order valence-electron chi connectivity index (χ2n) is 5.91. The first-order chi connectivity index (χ1) is 13.1. The lowest BCUT2D eigenvalue weighted by molar-refractivity contribution is -0.387. The van der Waals surface area contributed by atoms with Crippen molar-refractivity contribution in [1.29, 1.82) is 0 Å². The number of hydrogen-bond acceptors (Lipinski definition) is 5. The highest BCUT2D eigenvalue weighted by molar-refractivity contribution is 7.98. The molecular weight excluding hydrogens is 364 g/mol. The van der Waals surface area contributed by atoms with Gasteiger partial charge in [0.1, 0.15) is 11.2 Å². The smallest absolute Gasteiger partial charge is 0.283 e. The van der Waals surface area contributed by atoms with E-state index in [9.17, 15) is 14.9 Å². The number of hydrogen-bond donors (Lipinski definition) is 1. The van der Waals surface area contributed by atoms with E-state index in [0.29, 0.717) is 10.6 Å². The molecule has 0 aliphatic heterocycles. The Morgan fingerprint density at radius 1 is 1.04 bits per heavy atom. The third-order valence-electron chi connectivity index (χ3n) is 4.27. The van der Waals surface area contributed by atoms with Crippen molar-refractivity contribution in [3.63, 3.8) is 0 Å². The van der Waals surface area contributed by atoms with E-state index in [0.717, 1.165) is 21.9 Å². The van der Waals surface area contributed by atoms with E-state index in [1.54, 1.807) is 30.5 Å². The van der Waals surface area contributed by atoms with Gasteiger partial charge in [0, 0.05) is 28.1 Å². The number of amides is 1. The van der Waals surface area contributed by atoms with Crippen molar-refractivity contribution in [3.8, 4) is 0 Å². The highest BCUT2D eigenvalue weighted by Gasteiger charge is 2.17. The molecule has 0 fully saturated rings. The summed E-state index contributed by atoms with van der Waals surface area (Å²) in [5.41, 5.74) is 2.26. The molecule has 4 rings (SSSR count). The summed E-state index contributed by atoms with van der Waals surface area (Å²) in [6.07, 6.45) is 1.76. The van der Waals surface area contributed by atoms with E-state index in [2.05, 4.69) is 5.32 Å². The summed E-state index contributed by atoms with van der Waals surface area (Å²) in [6, 6.07) is 17.5. The molecule has 0 radical (unpaired) electrons. The van der Waals surface area contributed by atoms with Crippen LogP contribution in [0.4, 0.5) is 11.4 Å². The number of nitro groups is 1. The monoisotopic (exact) mass is 378 g/mol. The molecule has 1 heterocycles. The molecule has 4 aromatic rings. The summed E-state index contributed by atoms with van der Waals surface area (Å²) in [7, 11) is 0. The van der Waals surface area contributed by atoms with Crippen LogP contribution >= 0.6 is 11.8 Å². The van der Waals surface area contributed by atoms with Gasteiger partial charge in [0.15, 0.2) is 0 Å². The van der Waals surface area contributed by atoms with Crippen LogP contribution < -0.4 is 5.32 Å². The molecule has 3 aromatic carbocycles. The van der Waals surface area contributed by atoms with Crippen molar-refractivity contribution in [2.45, 2.75) is 4.90 Å². The number of furan rings is 1. The molecule has 0 aliphatic rings. The number of rotatable bonds is 4. The highest BCUT2D eigenvalue weighted by atomic mass is 32.2. The predicted octanol–water partition coefficient (Wildman–Crippen LogP) is 5.47. The van der Waals surface area contributed by atoms with Crippen LogP contribution in [0.25, 0.3) is 21.9 Å². The molecular formula is C20H14N2O4S. The third kappa shape index (κ3) is 3.13. The van der Waals surface area contributed by atoms with Gasteiger partial charge in [0.2, 0.25) is 0 Å². The quantitative estimate of drug-likeness (QED) is 0.289. The van der Waals surface area contributed by atoms with Crippen LogP contribution in [0.3, 0.4) is 0 Å². The van der Waals surface area contributed by atoms with Crippen LogP contribution in [0.15, 0.2) is 70.0 Å². The Hall–Kier alpha value is -3.32. The standard InChI is InChI=1S/C20H14N2O4S/c1-27-19-9-6-12(10-16(19)22(24)25)20(23)21-13-7-8-18-15(11-13)14-4-2-3-5-17(14)26-18/h2-11H,1H3,(H,21,23). The maximum absolute atomic E-state index is 12.6. The maximum atomic E-state index is 12.6. The number of para-hydroxylation sites is 1. The fourth-order valence-corrected chi connectivity index (χ4v) is 3.53. The Morgan fingerprint density at radius 2 is 1.81 bits per heavy atom. The van der Waals surface area contributed by atoms with Crippen LogP contribution in [-0.2, 0) is 0 Å². The van der Waals surface area contributed by atoms with Gasteiger partial charge in [0.25, 0.3) is 11.6 Å². The molecule has 1 N–H and O–H groups in total. The van der Waals surface area contributed by atoms with Gasteiger partial charge in [-0.05, 0) is 42.7 Å². The van der Waals surface area contributed by atoms with Crippen LogP contribution in [0.1, 0.15) is 10.4 Å². The predicted molar refractivity (Wildman–Crippen MR) is 107 cm³/mol. The van der Waals surface area contributed by atoms with E-state index in [4.69, 9.17) is 4.42 Å². The molecule has 6 nitrogen and oxygen atoms in total. The van der Waals surface area contributed by atoms with Crippen LogP contribution in [0, 0.1) is 10.1 Å². The van der Waals surface area contributed by atoms with Gasteiger partial charge in [-0.15, -0.1) is 11.8 Å².